The van der Waals surface area contributed by atoms with Crippen LogP contribution >= 0.6 is 0 Å². The van der Waals surface area contributed by atoms with E-state index in [0.29, 0.717) is 11.5 Å². The van der Waals surface area contributed by atoms with Gasteiger partial charge in [0.25, 0.3) is 0 Å². The van der Waals surface area contributed by atoms with Crippen LogP contribution in [0.1, 0.15) is 5.56 Å². The fourth-order valence-corrected chi connectivity index (χ4v) is 2.60. The Bertz CT molecular complexity index is 969. The van der Waals surface area contributed by atoms with Gasteiger partial charge in [-0.2, -0.15) is 0 Å². The zero-order valence-electron chi connectivity index (χ0n) is 11.5. The summed E-state index contributed by atoms with van der Waals surface area (Å²) < 4.78 is 5.79. The van der Waals surface area contributed by atoms with Crippen LogP contribution in [-0.2, 0) is 0 Å². The summed E-state index contributed by atoms with van der Waals surface area (Å²) in [6, 6.07) is 17.4. The SMILES string of the molecule is Cc1cccc2oc(-c3cc4ccccc4cc3O)nc12. The lowest BCUT2D eigenvalue weighted by atomic mass is 10.1. The molecule has 1 heterocycles. The highest BCUT2D eigenvalue weighted by Crippen LogP contribution is 2.34. The molecule has 0 fully saturated rings. The number of aryl methyl sites for hydroxylation is 1. The maximum atomic E-state index is 10.3. The van der Waals surface area contributed by atoms with Gasteiger partial charge < -0.3 is 9.52 Å². The summed E-state index contributed by atoms with van der Waals surface area (Å²) in [6.45, 7) is 1.99. The summed E-state index contributed by atoms with van der Waals surface area (Å²) in [5, 5.41) is 12.3. The van der Waals surface area contributed by atoms with E-state index in [4.69, 9.17) is 4.42 Å². The third kappa shape index (κ3) is 1.86. The van der Waals surface area contributed by atoms with Crippen molar-refractivity contribution in [2.75, 3.05) is 0 Å². The lowest BCUT2D eigenvalue weighted by Gasteiger charge is -2.03. The topological polar surface area (TPSA) is 46.3 Å². The number of fused-ring (bicyclic) bond motifs is 2. The first-order valence-electron chi connectivity index (χ1n) is 6.81. The van der Waals surface area contributed by atoms with E-state index in [1.807, 2.05) is 55.5 Å². The molecule has 0 saturated heterocycles. The molecule has 0 unspecified atom stereocenters. The molecule has 0 bridgehead atoms. The number of rotatable bonds is 1. The largest absolute Gasteiger partial charge is 0.507 e. The Kier molecular flexibility index (Phi) is 2.48. The molecular formula is C18H13NO2. The van der Waals surface area contributed by atoms with Crippen molar-refractivity contribution in [1.82, 2.24) is 4.98 Å². The van der Waals surface area contributed by atoms with Crippen molar-refractivity contribution in [2.24, 2.45) is 0 Å². The van der Waals surface area contributed by atoms with Gasteiger partial charge in [-0.05, 0) is 41.5 Å². The number of aromatic nitrogens is 1. The molecule has 1 aromatic heterocycles. The number of phenols is 1. The number of oxazole rings is 1. The van der Waals surface area contributed by atoms with Crippen molar-refractivity contribution in [1.29, 1.82) is 0 Å². The minimum atomic E-state index is 0.179. The molecule has 0 aliphatic carbocycles. The van der Waals surface area contributed by atoms with E-state index >= 15 is 0 Å². The molecular weight excluding hydrogens is 262 g/mol. The Morgan fingerprint density at radius 1 is 0.952 bits per heavy atom. The lowest BCUT2D eigenvalue weighted by molar-refractivity contribution is 0.475. The van der Waals surface area contributed by atoms with Crippen LogP contribution in [0, 0.1) is 6.92 Å². The number of hydrogen-bond donors (Lipinski definition) is 1. The standard InChI is InChI=1S/C18H13NO2/c1-11-5-4-8-16-17(11)19-18(21-16)14-9-12-6-2-3-7-13(12)10-15(14)20/h2-10,20H,1H3. The quantitative estimate of drug-likeness (QED) is 0.549. The summed E-state index contributed by atoms with van der Waals surface area (Å²) in [5.41, 5.74) is 3.24. The molecule has 1 N–H and O–H groups in total. The monoisotopic (exact) mass is 275 g/mol. The van der Waals surface area contributed by atoms with Gasteiger partial charge in [-0.1, -0.05) is 36.4 Å². The molecule has 0 atom stereocenters. The Labute approximate surface area is 121 Å². The van der Waals surface area contributed by atoms with Gasteiger partial charge in [0.2, 0.25) is 5.89 Å². The van der Waals surface area contributed by atoms with Crippen LogP contribution in [0.25, 0.3) is 33.3 Å². The van der Waals surface area contributed by atoms with Crippen LogP contribution in [-0.4, -0.2) is 10.1 Å². The molecule has 0 radical (unpaired) electrons. The number of hydrogen-bond acceptors (Lipinski definition) is 3. The Morgan fingerprint density at radius 2 is 1.71 bits per heavy atom. The van der Waals surface area contributed by atoms with Gasteiger partial charge in [0, 0.05) is 0 Å². The first-order chi connectivity index (χ1) is 10.2. The third-order valence-corrected chi connectivity index (χ3v) is 3.72. The molecule has 0 spiro atoms. The van der Waals surface area contributed by atoms with Crippen LogP contribution < -0.4 is 0 Å². The first-order valence-corrected chi connectivity index (χ1v) is 6.81. The Morgan fingerprint density at radius 3 is 2.48 bits per heavy atom. The number of aromatic hydroxyl groups is 1. The van der Waals surface area contributed by atoms with E-state index in [-0.39, 0.29) is 5.75 Å². The van der Waals surface area contributed by atoms with E-state index in [2.05, 4.69) is 4.98 Å². The summed E-state index contributed by atoms with van der Waals surface area (Å²) >= 11 is 0. The summed E-state index contributed by atoms with van der Waals surface area (Å²) in [4.78, 5) is 4.52. The summed E-state index contributed by atoms with van der Waals surface area (Å²) in [7, 11) is 0. The maximum absolute atomic E-state index is 10.3. The van der Waals surface area contributed by atoms with E-state index in [9.17, 15) is 5.11 Å². The third-order valence-electron chi connectivity index (χ3n) is 3.72. The average molecular weight is 275 g/mol. The molecule has 102 valence electrons. The number of benzene rings is 3. The van der Waals surface area contributed by atoms with Crippen LogP contribution in [0.15, 0.2) is 59.0 Å². The molecule has 0 amide bonds. The van der Waals surface area contributed by atoms with Gasteiger partial charge in [0.05, 0.1) is 5.56 Å². The molecule has 4 aromatic rings. The Hall–Kier alpha value is -2.81. The number of phenolic OH excluding ortho intramolecular Hbond substituents is 1. The van der Waals surface area contributed by atoms with Gasteiger partial charge >= 0.3 is 0 Å². The van der Waals surface area contributed by atoms with Gasteiger partial charge in [-0.15, -0.1) is 0 Å². The molecule has 3 heteroatoms. The molecule has 3 aromatic carbocycles. The highest BCUT2D eigenvalue weighted by molar-refractivity contribution is 5.90. The molecule has 0 saturated carbocycles. The first kappa shape index (κ1) is 12.0. The van der Waals surface area contributed by atoms with Crippen molar-refractivity contribution in [3.63, 3.8) is 0 Å². The normalized spacial score (nSPS) is 11.3. The number of para-hydroxylation sites is 1. The zero-order valence-corrected chi connectivity index (χ0v) is 11.5. The van der Waals surface area contributed by atoms with Crippen molar-refractivity contribution in [3.8, 4) is 17.2 Å². The molecule has 3 nitrogen and oxygen atoms in total. The second kappa shape index (κ2) is 4.35. The summed E-state index contributed by atoms with van der Waals surface area (Å²) in [6.07, 6.45) is 0. The van der Waals surface area contributed by atoms with Gasteiger partial charge in [0.15, 0.2) is 5.58 Å². The zero-order chi connectivity index (χ0) is 14.4. The smallest absolute Gasteiger partial charge is 0.231 e. The van der Waals surface area contributed by atoms with Crippen molar-refractivity contribution >= 4 is 21.9 Å². The van der Waals surface area contributed by atoms with E-state index < -0.39 is 0 Å². The minimum Gasteiger partial charge on any atom is -0.507 e. The predicted molar refractivity (Wildman–Crippen MR) is 83.4 cm³/mol. The summed E-state index contributed by atoms with van der Waals surface area (Å²) in [5.74, 6) is 0.625. The van der Waals surface area contributed by atoms with Crippen molar-refractivity contribution in [3.05, 3.63) is 60.2 Å². The number of nitrogens with zero attached hydrogens (tertiary/aromatic N) is 1. The highest BCUT2D eigenvalue weighted by Gasteiger charge is 2.14. The lowest BCUT2D eigenvalue weighted by Crippen LogP contribution is -1.81. The van der Waals surface area contributed by atoms with Crippen LogP contribution in [0.5, 0.6) is 5.75 Å². The van der Waals surface area contributed by atoms with Crippen LogP contribution in [0.3, 0.4) is 0 Å². The van der Waals surface area contributed by atoms with Gasteiger partial charge in [-0.25, -0.2) is 4.98 Å². The molecule has 21 heavy (non-hydrogen) atoms. The van der Waals surface area contributed by atoms with E-state index in [1.54, 1.807) is 6.07 Å². The van der Waals surface area contributed by atoms with Crippen molar-refractivity contribution < 1.29 is 9.52 Å². The van der Waals surface area contributed by atoms with E-state index in [1.165, 1.54) is 0 Å². The minimum absolute atomic E-state index is 0.179. The van der Waals surface area contributed by atoms with Gasteiger partial charge in [-0.3, -0.25) is 0 Å². The fraction of sp³-hybridized carbons (Fsp3) is 0.0556. The van der Waals surface area contributed by atoms with Crippen LogP contribution in [0.4, 0.5) is 0 Å². The molecule has 0 aliphatic heterocycles. The highest BCUT2D eigenvalue weighted by atomic mass is 16.3. The predicted octanol–water partition coefficient (Wildman–Crippen LogP) is 4.66. The Balaban J connectivity index is 1.99. The molecule has 0 aliphatic rings. The maximum Gasteiger partial charge on any atom is 0.231 e. The fourth-order valence-electron chi connectivity index (χ4n) is 2.60. The second-order valence-electron chi connectivity index (χ2n) is 5.16. The average Bonchev–Trinajstić information content (AvgIpc) is 2.92. The van der Waals surface area contributed by atoms with Crippen LogP contribution in [0.2, 0.25) is 0 Å². The van der Waals surface area contributed by atoms with Gasteiger partial charge in [0.1, 0.15) is 11.3 Å². The molecule has 4 rings (SSSR count). The van der Waals surface area contributed by atoms with E-state index in [0.717, 1.165) is 27.4 Å². The second-order valence-corrected chi connectivity index (χ2v) is 5.16. The van der Waals surface area contributed by atoms with Crippen molar-refractivity contribution in [2.45, 2.75) is 6.92 Å².